The Morgan fingerprint density at radius 1 is 1.19 bits per heavy atom. The summed E-state index contributed by atoms with van der Waals surface area (Å²) in [4.78, 5) is 6.60. The Morgan fingerprint density at radius 3 is 2.88 bits per heavy atom. The quantitative estimate of drug-likeness (QED) is 0.778. The van der Waals surface area contributed by atoms with Gasteiger partial charge in [-0.15, -0.1) is 0 Å². The Morgan fingerprint density at radius 2 is 2.06 bits per heavy atom. The molecule has 0 bridgehead atoms. The Bertz CT molecular complexity index is 463. The smallest absolute Gasteiger partial charge is 0.0704 e. The van der Waals surface area contributed by atoms with Crippen molar-refractivity contribution in [2.24, 2.45) is 0 Å². The van der Waals surface area contributed by atoms with E-state index >= 15 is 0 Å². The Hall–Kier alpha value is -1.41. The summed E-state index contributed by atoms with van der Waals surface area (Å²) in [6.07, 6.45) is 4.18. The van der Waals surface area contributed by atoms with Gasteiger partial charge in [0.1, 0.15) is 0 Å². The maximum absolute atomic E-state index is 4.37. The number of nitrogens with zero attached hydrogens (tertiary/aromatic N) is 2. The minimum atomic E-state index is 1.10. The van der Waals surface area contributed by atoms with Crippen molar-refractivity contribution in [3.05, 3.63) is 42.1 Å². The lowest BCUT2D eigenvalue weighted by Crippen LogP contribution is -2.13. The summed E-state index contributed by atoms with van der Waals surface area (Å²) >= 11 is 0. The minimum Gasteiger partial charge on any atom is -0.309 e. The normalized spacial score (nSPS) is 11.2. The lowest BCUT2D eigenvalue weighted by molar-refractivity contribution is 0.400. The first kappa shape index (κ1) is 11.1. The highest BCUT2D eigenvalue weighted by Gasteiger charge is 1.98. The molecule has 2 nitrogen and oxygen atoms in total. The third kappa shape index (κ3) is 2.80. The molecule has 1 aromatic heterocycles. The standard InChI is InChI=1S/C14H18N2/c1-16(2)10-4-5-12-7-8-13-6-3-9-15-14(13)11-12/h3,6-9,11H,4-5,10H2,1-2H3. The highest BCUT2D eigenvalue weighted by atomic mass is 15.0. The van der Waals surface area contributed by atoms with Crippen molar-refractivity contribution < 1.29 is 0 Å². The molecule has 2 rings (SSSR count). The molecule has 1 aromatic carbocycles. The van der Waals surface area contributed by atoms with Crippen molar-refractivity contribution in [2.75, 3.05) is 20.6 Å². The summed E-state index contributed by atoms with van der Waals surface area (Å²) in [7, 11) is 4.23. The second kappa shape index (κ2) is 5.08. The lowest BCUT2D eigenvalue weighted by atomic mass is 10.1. The van der Waals surface area contributed by atoms with Crippen LogP contribution in [0, 0.1) is 0 Å². The summed E-state index contributed by atoms with van der Waals surface area (Å²) in [6.45, 7) is 1.14. The zero-order valence-electron chi connectivity index (χ0n) is 9.98. The summed E-state index contributed by atoms with van der Waals surface area (Å²) in [5, 5.41) is 1.22. The van der Waals surface area contributed by atoms with Crippen molar-refractivity contribution in [2.45, 2.75) is 12.8 Å². The molecule has 16 heavy (non-hydrogen) atoms. The number of rotatable bonds is 4. The molecule has 84 valence electrons. The van der Waals surface area contributed by atoms with E-state index in [1.54, 1.807) is 0 Å². The molecule has 0 unspecified atom stereocenters. The topological polar surface area (TPSA) is 16.1 Å². The van der Waals surface area contributed by atoms with Crippen LogP contribution in [0.15, 0.2) is 36.5 Å². The summed E-state index contributed by atoms with van der Waals surface area (Å²) in [5.74, 6) is 0. The predicted molar refractivity (Wildman–Crippen MR) is 68.6 cm³/mol. The highest BCUT2D eigenvalue weighted by molar-refractivity contribution is 5.78. The molecule has 0 saturated heterocycles. The molecule has 0 amide bonds. The number of pyridine rings is 1. The van der Waals surface area contributed by atoms with E-state index < -0.39 is 0 Å². The fraction of sp³-hybridized carbons (Fsp3) is 0.357. The van der Waals surface area contributed by atoms with Gasteiger partial charge in [0.05, 0.1) is 5.52 Å². The second-order valence-electron chi connectivity index (χ2n) is 4.44. The van der Waals surface area contributed by atoms with E-state index in [1.807, 2.05) is 12.3 Å². The van der Waals surface area contributed by atoms with Crippen molar-refractivity contribution in [3.8, 4) is 0 Å². The van der Waals surface area contributed by atoms with Crippen LogP contribution in [-0.4, -0.2) is 30.5 Å². The average molecular weight is 214 g/mol. The van der Waals surface area contributed by atoms with Crippen molar-refractivity contribution >= 4 is 10.9 Å². The zero-order chi connectivity index (χ0) is 11.4. The number of aromatic nitrogens is 1. The third-order valence-electron chi connectivity index (χ3n) is 2.74. The van der Waals surface area contributed by atoms with Crippen LogP contribution in [0.3, 0.4) is 0 Å². The predicted octanol–water partition coefficient (Wildman–Crippen LogP) is 2.73. The fourth-order valence-electron chi connectivity index (χ4n) is 1.87. The molecule has 1 heterocycles. The SMILES string of the molecule is CN(C)CCCc1ccc2cccnc2c1. The number of fused-ring (bicyclic) bond motifs is 1. The van der Waals surface area contributed by atoms with Gasteiger partial charge in [0, 0.05) is 11.6 Å². The molecule has 0 aliphatic heterocycles. The van der Waals surface area contributed by atoms with Gasteiger partial charge in [0.25, 0.3) is 0 Å². The van der Waals surface area contributed by atoms with Crippen LogP contribution in [-0.2, 0) is 6.42 Å². The fourth-order valence-corrected chi connectivity index (χ4v) is 1.87. The van der Waals surface area contributed by atoms with Gasteiger partial charge in [-0.2, -0.15) is 0 Å². The van der Waals surface area contributed by atoms with Crippen molar-refractivity contribution in [1.82, 2.24) is 9.88 Å². The largest absolute Gasteiger partial charge is 0.309 e. The summed E-state index contributed by atoms with van der Waals surface area (Å²) < 4.78 is 0. The zero-order valence-corrected chi connectivity index (χ0v) is 9.98. The van der Waals surface area contributed by atoms with Crippen molar-refractivity contribution in [1.29, 1.82) is 0 Å². The van der Waals surface area contributed by atoms with Gasteiger partial charge < -0.3 is 4.90 Å². The molecule has 0 radical (unpaired) electrons. The summed E-state index contributed by atoms with van der Waals surface area (Å²) in [6, 6.07) is 10.7. The first-order valence-corrected chi connectivity index (χ1v) is 5.74. The number of hydrogen-bond donors (Lipinski definition) is 0. The number of aryl methyl sites for hydroxylation is 1. The van der Waals surface area contributed by atoms with Crippen LogP contribution in [0.5, 0.6) is 0 Å². The molecule has 0 aliphatic rings. The van der Waals surface area contributed by atoms with E-state index in [9.17, 15) is 0 Å². The van der Waals surface area contributed by atoms with Crippen LogP contribution >= 0.6 is 0 Å². The second-order valence-corrected chi connectivity index (χ2v) is 4.44. The van der Waals surface area contributed by atoms with Gasteiger partial charge in [0.15, 0.2) is 0 Å². The average Bonchev–Trinajstić information content (AvgIpc) is 2.28. The van der Waals surface area contributed by atoms with E-state index in [4.69, 9.17) is 0 Å². The van der Waals surface area contributed by atoms with Crippen LogP contribution in [0.2, 0.25) is 0 Å². The monoisotopic (exact) mass is 214 g/mol. The number of benzene rings is 1. The Balaban J connectivity index is 2.08. The van der Waals surface area contributed by atoms with Gasteiger partial charge >= 0.3 is 0 Å². The summed E-state index contributed by atoms with van der Waals surface area (Å²) in [5.41, 5.74) is 2.48. The molecule has 0 atom stereocenters. The minimum absolute atomic E-state index is 1.10. The van der Waals surface area contributed by atoms with E-state index in [1.165, 1.54) is 17.4 Å². The molecule has 0 N–H and O–H groups in total. The van der Waals surface area contributed by atoms with E-state index in [-0.39, 0.29) is 0 Å². The van der Waals surface area contributed by atoms with E-state index in [0.29, 0.717) is 0 Å². The Labute approximate surface area is 96.9 Å². The van der Waals surface area contributed by atoms with Crippen LogP contribution in [0.1, 0.15) is 12.0 Å². The van der Waals surface area contributed by atoms with Gasteiger partial charge in [0.2, 0.25) is 0 Å². The van der Waals surface area contributed by atoms with Gasteiger partial charge in [-0.05, 0) is 51.2 Å². The first-order chi connectivity index (χ1) is 7.75. The lowest BCUT2D eigenvalue weighted by Gasteiger charge is -2.09. The molecule has 0 aliphatic carbocycles. The Kier molecular flexibility index (Phi) is 3.52. The van der Waals surface area contributed by atoms with Crippen LogP contribution < -0.4 is 0 Å². The molecule has 0 spiro atoms. The van der Waals surface area contributed by atoms with Gasteiger partial charge in [-0.1, -0.05) is 18.2 Å². The molecule has 2 heteroatoms. The molecule has 2 aromatic rings. The van der Waals surface area contributed by atoms with E-state index in [0.717, 1.165) is 18.5 Å². The maximum atomic E-state index is 4.37. The van der Waals surface area contributed by atoms with Crippen LogP contribution in [0.25, 0.3) is 10.9 Å². The molecule has 0 fully saturated rings. The molecular weight excluding hydrogens is 196 g/mol. The first-order valence-electron chi connectivity index (χ1n) is 5.74. The molecular formula is C14H18N2. The van der Waals surface area contributed by atoms with Crippen molar-refractivity contribution in [3.63, 3.8) is 0 Å². The third-order valence-corrected chi connectivity index (χ3v) is 2.74. The van der Waals surface area contributed by atoms with Crippen LogP contribution in [0.4, 0.5) is 0 Å². The van der Waals surface area contributed by atoms with Gasteiger partial charge in [-0.3, -0.25) is 4.98 Å². The van der Waals surface area contributed by atoms with Gasteiger partial charge in [-0.25, -0.2) is 0 Å². The number of hydrogen-bond acceptors (Lipinski definition) is 2. The highest BCUT2D eigenvalue weighted by Crippen LogP contribution is 2.14. The van der Waals surface area contributed by atoms with E-state index in [2.05, 4.69) is 48.2 Å². The maximum Gasteiger partial charge on any atom is 0.0704 e. The molecule has 0 saturated carbocycles.